The number of pyridine rings is 1. The average molecular weight is 340 g/mol. The zero-order valence-electron chi connectivity index (χ0n) is 13.9. The van der Waals surface area contributed by atoms with Crippen LogP contribution < -0.4 is 21.3 Å². The van der Waals surface area contributed by atoms with Gasteiger partial charge >= 0.3 is 0 Å². The van der Waals surface area contributed by atoms with Gasteiger partial charge in [0.25, 0.3) is 0 Å². The first-order valence-corrected chi connectivity index (χ1v) is 10.2. The summed E-state index contributed by atoms with van der Waals surface area (Å²) in [7, 11) is -2.02. The van der Waals surface area contributed by atoms with E-state index in [1.165, 1.54) is 15.9 Å². The lowest BCUT2D eigenvalue weighted by Crippen LogP contribution is -2.39. The Kier molecular flexibility index (Phi) is 4.41. The van der Waals surface area contributed by atoms with E-state index >= 15 is 0 Å². The van der Waals surface area contributed by atoms with Gasteiger partial charge in [-0.3, -0.25) is 0 Å². The highest BCUT2D eigenvalue weighted by atomic mass is 31.2. The van der Waals surface area contributed by atoms with Crippen LogP contribution in [0.15, 0.2) is 115 Å². The van der Waals surface area contributed by atoms with Crippen molar-refractivity contribution >= 4 is 28.6 Å². The van der Waals surface area contributed by atoms with Crippen LogP contribution in [-0.2, 0) is 0 Å². The van der Waals surface area contributed by atoms with E-state index in [0.29, 0.717) is 0 Å². The molecule has 3 aromatic carbocycles. The summed E-state index contributed by atoms with van der Waals surface area (Å²) in [5.41, 5.74) is 1.14. The predicted molar refractivity (Wildman–Crippen MR) is 109 cm³/mol. The fourth-order valence-corrected chi connectivity index (χ4v) is 7.45. The van der Waals surface area contributed by atoms with Gasteiger partial charge in [0.1, 0.15) is 15.9 Å². The lowest BCUT2D eigenvalue weighted by molar-refractivity contribution is 1.39. The molecule has 0 bridgehead atoms. The van der Waals surface area contributed by atoms with Gasteiger partial charge in [-0.15, -0.1) is 0 Å². The van der Waals surface area contributed by atoms with Gasteiger partial charge in [0, 0.05) is 12.3 Å². The molecule has 0 unspecified atom stereocenters. The summed E-state index contributed by atoms with van der Waals surface area (Å²) in [4.78, 5) is 4.83. The largest absolute Gasteiger partial charge is 0.221 e. The van der Waals surface area contributed by atoms with Crippen LogP contribution in [0.2, 0.25) is 0 Å². The SMILES string of the molecule is c1ccc([P+](c2ccccc2)(c2ccccc2)c2ccccn2)cc1. The third-order valence-electron chi connectivity index (χ3n) is 4.42. The highest BCUT2D eigenvalue weighted by Crippen LogP contribution is 2.53. The van der Waals surface area contributed by atoms with Crippen molar-refractivity contribution in [3.05, 3.63) is 115 Å². The minimum atomic E-state index is -2.02. The molecular formula is C23H19NP+. The molecule has 1 heterocycles. The Bertz CT molecular complexity index is 759. The van der Waals surface area contributed by atoms with Crippen LogP contribution in [0.25, 0.3) is 0 Å². The smallest absolute Gasteiger partial charge is 0.198 e. The fourth-order valence-electron chi connectivity index (χ4n) is 3.35. The molecule has 1 nitrogen and oxygen atoms in total. The van der Waals surface area contributed by atoms with Crippen LogP contribution >= 0.6 is 7.26 Å². The number of rotatable bonds is 4. The highest BCUT2D eigenvalue weighted by molar-refractivity contribution is 8.01. The van der Waals surface area contributed by atoms with E-state index in [1.54, 1.807) is 0 Å². The van der Waals surface area contributed by atoms with Gasteiger partial charge in [-0.05, 0) is 42.5 Å². The molecule has 0 spiro atoms. The summed E-state index contributed by atoms with van der Waals surface area (Å²) in [6.45, 7) is 0. The molecular weight excluding hydrogens is 321 g/mol. The maximum atomic E-state index is 4.83. The van der Waals surface area contributed by atoms with Crippen LogP contribution in [0.1, 0.15) is 0 Å². The molecule has 0 aliphatic heterocycles. The zero-order chi connectivity index (χ0) is 17.0. The minimum absolute atomic E-state index is 1.14. The quantitative estimate of drug-likeness (QED) is 0.516. The number of aromatic nitrogens is 1. The lowest BCUT2D eigenvalue weighted by atomic mass is 10.4. The summed E-state index contributed by atoms with van der Waals surface area (Å²) >= 11 is 0. The third-order valence-corrected chi connectivity index (χ3v) is 8.59. The number of nitrogens with zero attached hydrogens (tertiary/aromatic N) is 1. The average Bonchev–Trinajstić information content (AvgIpc) is 2.72. The molecule has 0 aliphatic carbocycles. The summed E-state index contributed by atoms with van der Waals surface area (Å²) in [5, 5.41) is 3.98. The minimum Gasteiger partial charge on any atom is -0.221 e. The van der Waals surface area contributed by atoms with Gasteiger partial charge in [0.15, 0.2) is 12.7 Å². The Morgan fingerprint density at radius 1 is 0.440 bits per heavy atom. The van der Waals surface area contributed by atoms with Crippen molar-refractivity contribution in [3.63, 3.8) is 0 Å². The number of hydrogen-bond donors (Lipinski definition) is 0. The monoisotopic (exact) mass is 340 g/mol. The summed E-state index contributed by atoms with van der Waals surface area (Å²) in [5.74, 6) is 0. The molecule has 0 amide bonds. The van der Waals surface area contributed by atoms with E-state index < -0.39 is 7.26 Å². The van der Waals surface area contributed by atoms with Crippen molar-refractivity contribution in [1.29, 1.82) is 0 Å². The second-order valence-corrected chi connectivity index (χ2v) is 9.21. The van der Waals surface area contributed by atoms with Crippen molar-refractivity contribution in [2.75, 3.05) is 0 Å². The van der Waals surface area contributed by atoms with Crippen molar-refractivity contribution in [2.24, 2.45) is 0 Å². The molecule has 0 atom stereocenters. The number of benzene rings is 3. The maximum Gasteiger partial charge on any atom is 0.198 e. The maximum absolute atomic E-state index is 4.83. The molecule has 4 aromatic rings. The molecule has 0 radical (unpaired) electrons. The fraction of sp³-hybridized carbons (Fsp3) is 0. The molecule has 1 aromatic heterocycles. The van der Waals surface area contributed by atoms with E-state index in [1.807, 2.05) is 12.3 Å². The lowest BCUT2D eigenvalue weighted by Gasteiger charge is -2.26. The number of hydrogen-bond acceptors (Lipinski definition) is 1. The summed E-state index contributed by atoms with van der Waals surface area (Å²) in [6.07, 6.45) is 1.90. The Morgan fingerprint density at radius 3 is 1.20 bits per heavy atom. The van der Waals surface area contributed by atoms with Crippen LogP contribution in [0.3, 0.4) is 0 Å². The third kappa shape index (κ3) is 2.77. The normalized spacial score (nSPS) is 11.2. The van der Waals surface area contributed by atoms with Gasteiger partial charge in [0.2, 0.25) is 0 Å². The molecule has 120 valence electrons. The molecule has 2 heteroatoms. The van der Waals surface area contributed by atoms with Crippen molar-refractivity contribution in [3.8, 4) is 0 Å². The standard InChI is InChI=1S/C23H19NP/c1-4-12-20(13-5-1)25(21-14-6-2-7-15-21,22-16-8-3-9-17-22)23-18-10-11-19-24-23/h1-19H/q+1. The van der Waals surface area contributed by atoms with Crippen molar-refractivity contribution in [2.45, 2.75) is 0 Å². The first-order valence-electron chi connectivity index (χ1n) is 8.40. The van der Waals surface area contributed by atoms with E-state index in [-0.39, 0.29) is 0 Å². The first kappa shape index (κ1) is 15.7. The van der Waals surface area contributed by atoms with Crippen molar-refractivity contribution in [1.82, 2.24) is 4.98 Å². The summed E-state index contributed by atoms with van der Waals surface area (Å²) in [6, 6.07) is 38.6. The molecule has 4 rings (SSSR count). The Labute approximate surface area is 149 Å². The van der Waals surface area contributed by atoms with E-state index in [9.17, 15) is 0 Å². The molecule has 0 aliphatic rings. The van der Waals surface area contributed by atoms with Gasteiger partial charge < -0.3 is 0 Å². The Morgan fingerprint density at radius 2 is 0.840 bits per heavy atom. The van der Waals surface area contributed by atoms with Crippen LogP contribution in [0.4, 0.5) is 0 Å². The molecule has 25 heavy (non-hydrogen) atoms. The molecule has 0 fully saturated rings. The molecule has 0 saturated heterocycles. The van der Waals surface area contributed by atoms with E-state index in [2.05, 4.69) is 103 Å². The predicted octanol–water partition coefficient (Wildman–Crippen LogP) is 3.70. The summed E-state index contributed by atoms with van der Waals surface area (Å²) < 4.78 is 0. The van der Waals surface area contributed by atoms with E-state index in [4.69, 9.17) is 4.98 Å². The van der Waals surface area contributed by atoms with E-state index in [0.717, 1.165) is 5.44 Å². The van der Waals surface area contributed by atoms with Gasteiger partial charge in [-0.25, -0.2) is 4.98 Å². The van der Waals surface area contributed by atoms with Gasteiger partial charge in [-0.2, -0.15) is 0 Å². The molecule has 0 N–H and O–H groups in total. The highest BCUT2D eigenvalue weighted by Gasteiger charge is 2.48. The zero-order valence-corrected chi connectivity index (χ0v) is 14.8. The second kappa shape index (κ2) is 7.01. The van der Waals surface area contributed by atoms with Crippen LogP contribution in [0, 0.1) is 0 Å². The van der Waals surface area contributed by atoms with Crippen LogP contribution in [0.5, 0.6) is 0 Å². The Hall–Kier alpha value is -2.76. The topological polar surface area (TPSA) is 12.9 Å². The van der Waals surface area contributed by atoms with Crippen molar-refractivity contribution < 1.29 is 0 Å². The first-order chi connectivity index (χ1) is 12.4. The van der Waals surface area contributed by atoms with Gasteiger partial charge in [-0.1, -0.05) is 60.7 Å². The van der Waals surface area contributed by atoms with Gasteiger partial charge in [0.05, 0.1) is 0 Å². The molecule has 0 saturated carbocycles. The van der Waals surface area contributed by atoms with Crippen LogP contribution in [-0.4, -0.2) is 4.98 Å². The Balaban J connectivity index is 2.13. The second-order valence-electron chi connectivity index (χ2n) is 5.87.